The summed E-state index contributed by atoms with van der Waals surface area (Å²) >= 11 is 0. The monoisotopic (exact) mass is 577 g/mol. The van der Waals surface area contributed by atoms with E-state index in [2.05, 4.69) is 15.3 Å². The zero-order valence-electron chi connectivity index (χ0n) is 23.9. The Morgan fingerprint density at radius 3 is 2.66 bits per heavy atom. The number of carboxylic acid groups (broad SMARTS) is 1. The molecule has 2 unspecified atom stereocenters. The Morgan fingerprint density at radius 2 is 1.95 bits per heavy atom. The van der Waals surface area contributed by atoms with E-state index in [0.717, 1.165) is 38.9 Å². The number of sulfonamides is 1. The molecule has 216 valence electrons. The van der Waals surface area contributed by atoms with E-state index in [1.807, 2.05) is 62.7 Å². The second-order valence-corrected chi connectivity index (χ2v) is 12.5. The van der Waals surface area contributed by atoms with Crippen molar-refractivity contribution in [2.24, 2.45) is 5.92 Å². The van der Waals surface area contributed by atoms with E-state index < -0.39 is 27.8 Å². The van der Waals surface area contributed by atoms with Crippen LogP contribution in [-0.4, -0.2) is 56.4 Å². The molecule has 0 aliphatic carbocycles. The van der Waals surface area contributed by atoms with Crippen molar-refractivity contribution in [3.8, 4) is 5.88 Å². The number of benzene rings is 2. The number of fused-ring (bicyclic) bond motifs is 2. The van der Waals surface area contributed by atoms with E-state index in [1.165, 1.54) is 16.6 Å². The first kappa shape index (κ1) is 28.7. The number of aryl methyl sites for hydroxylation is 3. The van der Waals surface area contributed by atoms with Crippen LogP contribution in [0.5, 0.6) is 5.88 Å². The fourth-order valence-electron chi connectivity index (χ4n) is 5.56. The van der Waals surface area contributed by atoms with Crippen molar-refractivity contribution < 1.29 is 23.1 Å². The van der Waals surface area contributed by atoms with Crippen LogP contribution in [0, 0.1) is 19.8 Å². The number of aliphatic carboxylic acids is 1. The Balaban J connectivity index is 1.59. The van der Waals surface area contributed by atoms with Crippen molar-refractivity contribution in [1.29, 1.82) is 0 Å². The van der Waals surface area contributed by atoms with Crippen molar-refractivity contribution in [3.63, 3.8) is 0 Å². The van der Waals surface area contributed by atoms with Crippen LogP contribution >= 0.6 is 0 Å². The molecule has 4 aromatic rings. The van der Waals surface area contributed by atoms with Gasteiger partial charge in [-0.25, -0.2) is 18.1 Å². The molecule has 2 aromatic heterocycles. The molecule has 41 heavy (non-hydrogen) atoms. The molecule has 0 fully saturated rings. The Kier molecular flexibility index (Phi) is 7.85. The largest absolute Gasteiger partial charge is 0.481 e. The average molecular weight is 578 g/mol. The number of pyridine rings is 1. The maximum absolute atomic E-state index is 13.7. The SMILES string of the molecule is CC[C@@H]1CN(Cc2cc(C(c3ccc4c(nnn4CC)c3C)C(C)C(=O)O)ccc2C)S(=O)(=O)c2cccnc2O1. The summed E-state index contributed by atoms with van der Waals surface area (Å²) in [4.78, 5) is 16.6. The van der Waals surface area contributed by atoms with Crippen LogP contribution in [0.3, 0.4) is 0 Å². The summed E-state index contributed by atoms with van der Waals surface area (Å²) < 4.78 is 36.7. The predicted octanol–water partition coefficient (Wildman–Crippen LogP) is 4.68. The van der Waals surface area contributed by atoms with Crippen molar-refractivity contribution in [2.75, 3.05) is 6.54 Å². The molecule has 2 aromatic carbocycles. The summed E-state index contributed by atoms with van der Waals surface area (Å²) in [5, 5.41) is 18.7. The molecule has 1 aliphatic heterocycles. The Labute approximate surface area is 240 Å². The number of aromatic nitrogens is 4. The minimum atomic E-state index is -3.89. The van der Waals surface area contributed by atoms with E-state index >= 15 is 0 Å². The average Bonchev–Trinajstić information content (AvgIpc) is 3.34. The minimum Gasteiger partial charge on any atom is -0.481 e. The summed E-state index contributed by atoms with van der Waals surface area (Å²) in [7, 11) is -3.89. The molecule has 0 saturated heterocycles. The highest BCUT2D eigenvalue weighted by atomic mass is 32.2. The molecular weight excluding hydrogens is 542 g/mol. The lowest BCUT2D eigenvalue weighted by atomic mass is 9.79. The molecule has 3 heterocycles. The molecule has 3 atom stereocenters. The predicted molar refractivity (Wildman–Crippen MR) is 154 cm³/mol. The van der Waals surface area contributed by atoms with Gasteiger partial charge in [0.25, 0.3) is 0 Å². The molecule has 1 N–H and O–H groups in total. The fraction of sp³-hybridized carbons (Fsp3) is 0.400. The molecule has 0 radical (unpaired) electrons. The van der Waals surface area contributed by atoms with Gasteiger partial charge in [0.15, 0.2) is 0 Å². The third kappa shape index (κ3) is 5.19. The molecule has 0 saturated carbocycles. The third-order valence-corrected chi connectivity index (χ3v) is 9.90. The quantitative estimate of drug-likeness (QED) is 0.320. The fourth-order valence-corrected chi connectivity index (χ4v) is 7.08. The number of rotatable bonds is 8. The van der Waals surface area contributed by atoms with Crippen molar-refractivity contribution >= 4 is 27.0 Å². The van der Waals surface area contributed by atoms with Crippen LogP contribution in [-0.2, 0) is 27.9 Å². The second-order valence-electron chi connectivity index (χ2n) is 10.6. The van der Waals surface area contributed by atoms with Crippen LogP contribution in [0.2, 0.25) is 0 Å². The van der Waals surface area contributed by atoms with Gasteiger partial charge in [-0.1, -0.05) is 43.3 Å². The van der Waals surface area contributed by atoms with Gasteiger partial charge in [0.2, 0.25) is 15.9 Å². The van der Waals surface area contributed by atoms with Gasteiger partial charge in [0.1, 0.15) is 16.5 Å². The Bertz CT molecular complexity index is 1720. The lowest BCUT2D eigenvalue weighted by molar-refractivity contribution is -0.141. The number of nitrogens with zero attached hydrogens (tertiary/aromatic N) is 5. The molecule has 0 spiro atoms. The lowest BCUT2D eigenvalue weighted by Crippen LogP contribution is -2.36. The maximum Gasteiger partial charge on any atom is 0.307 e. The molecule has 0 bridgehead atoms. The van der Waals surface area contributed by atoms with Crippen LogP contribution in [0.1, 0.15) is 60.9 Å². The Morgan fingerprint density at radius 1 is 1.17 bits per heavy atom. The molecule has 11 heteroatoms. The standard InChI is InChI=1S/C30H35N5O5S/c1-6-23-17-34(41(38,39)26-9-8-14-31-29(26)40-23)16-22-15-21(11-10-18(22)3)27(20(5)30(36)37)24-12-13-25-28(19(24)4)32-33-35(25)7-2/h8-15,20,23,27H,6-7,16-17H2,1-5H3,(H,36,37)/t20?,23-,27?/m1/s1. The normalized spacial score (nSPS) is 18.3. The van der Waals surface area contributed by atoms with Gasteiger partial charge in [0, 0.05) is 25.2 Å². The first-order valence-corrected chi connectivity index (χ1v) is 15.3. The number of hydrogen-bond acceptors (Lipinski definition) is 7. The van der Waals surface area contributed by atoms with E-state index in [1.54, 1.807) is 13.0 Å². The van der Waals surface area contributed by atoms with Crippen molar-refractivity contribution in [3.05, 3.63) is 76.5 Å². The zero-order chi connectivity index (χ0) is 29.5. The van der Waals surface area contributed by atoms with E-state index in [-0.39, 0.29) is 30.0 Å². The highest BCUT2D eigenvalue weighted by molar-refractivity contribution is 7.89. The number of hydrogen-bond donors (Lipinski definition) is 1. The van der Waals surface area contributed by atoms with Crippen molar-refractivity contribution in [1.82, 2.24) is 24.3 Å². The van der Waals surface area contributed by atoms with Gasteiger partial charge >= 0.3 is 5.97 Å². The van der Waals surface area contributed by atoms with E-state index in [9.17, 15) is 18.3 Å². The van der Waals surface area contributed by atoms with E-state index in [0.29, 0.717) is 13.0 Å². The number of ether oxygens (including phenoxy) is 1. The summed E-state index contributed by atoms with van der Waals surface area (Å²) in [6, 6.07) is 12.8. The first-order chi connectivity index (χ1) is 19.6. The van der Waals surface area contributed by atoms with Gasteiger partial charge in [-0.05, 0) is 73.2 Å². The second kappa shape index (κ2) is 11.2. The van der Waals surface area contributed by atoms with Gasteiger partial charge in [-0.2, -0.15) is 4.31 Å². The summed E-state index contributed by atoms with van der Waals surface area (Å²) in [6.07, 6.45) is 1.79. The van der Waals surface area contributed by atoms with E-state index in [4.69, 9.17) is 4.74 Å². The molecule has 0 amide bonds. The summed E-state index contributed by atoms with van der Waals surface area (Å²) in [5.41, 5.74) is 5.88. The first-order valence-electron chi connectivity index (χ1n) is 13.8. The maximum atomic E-state index is 13.7. The highest BCUT2D eigenvalue weighted by Gasteiger charge is 2.36. The molecule has 1 aliphatic rings. The topological polar surface area (TPSA) is 128 Å². The Hall–Kier alpha value is -3.83. The van der Waals surface area contributed by atoms with Crippen molar-refractivity contribution in [2.45, 2.75) is 71.0 Å². The third-order valence-electron chi connectivity index (χ3n) is 8.08. The van der Waals surface area contributed by atoms with Crippen LogP contribution in [0.4, 0.5) is 0 Å². The summed E-state index contributed by atoms with van der Waals surface area (Å²) in [5.74, 6) is -2.04. The molecule has 10 nitrogen and oxygen atoms in total. The van der Waals surface area contributed by atoms with Crippen LogP contribution < -0.4 is 4.74 Å². The van der Waals surface area contributed by atoms with Crippen LogP contribution in [0.15, 0.2) is 53.6 Å². The van der Waals surface area contributed by atoms with Crippen LogP contribution in [0.25, 0.3) is 11.0 Å². The number of carbonyl (C=O) groups is 1. The van der Waals surface area contributed by atoms with Gasteiger partial charge < -0.3 is 9.84 Å². The zero-order valence-corrected chi connectivity index (χ0v) is 24.7. The van der Waals surface area contributed by atoms with Gasteiger partial charge in [0.05, 0.1) is 18.0 Å². The molecule has 5 rings (SSSR count). The smallest absolute Gasteiger partial charge is 0.307 e. The lowest BCUT2D eigenvalue weighted by Gasteiger charge is -2.26. The highest BCUT2D eigenvalue weighted by Crippen LogP contribution is 2.38. The molecular formula is C30H35N5O5S. The number of carboxylic acids is 1. The summed E-state index contributed by atoms with van der Waals surface area (Å²) in [6.45, 7) is 10.5. The minimum absolute atomic E-state index is 0.0474. The van der Waals surface area contributed by atoms with Gasteiger partial charge in [-0.15, -0.1) is 5.10 Å². The van der Waals surface area contributed by atoms with Gasteiger partial charge in [-0.3, -0.25) is 4.79 Å².